The van der Waals surface area contributed by atoms with Crippen LogP contribution in [0.2, 0.25) is 0 Å². The number of aliphatic hydroxyl groups is 1. The van der Waals surface area contributed by atoms with Gasteiger partial charge in [-0.3, -0.25) is 14.9 Å². The van der Waals surface area contributed by atoms with Crippen LogP contribution in [0.5, 0.6) is 0 Å². The third-order valence-corrected chi connectivity index (χ3v) is 4.09. The van der Waals surface area contributed by atoms with Gasteiger partial charge >= 0.3 is 0 Å². The Kier molecular flexibility index (Phi) is 3.56. The van der Waals surface area contributed by atoms with Crippen molar-refractivity contribution in [1.29, 1.82) is 0 Å². The minimum Gasteiger partial charge on any atom is -0.388 e. The number of amides is 1. The molecule has 2 aliphatic rings. The predicted octanol–water partition coefficient (Wildman–Crippen LogP) is -0.271. The molecule has 8 nitrogen and oxygen atoms in total. The Morgan fingerprint density at radius 3 is 2.96 bits per heavy atom. The molecule has 4 atom stereocenters. The molecule has 4 rings (SSSR count). The number of hydrogen-bond donors (Lipinski definition) is 3. The van der Waals surface area contributed by atoms with Crippen molar-refractivity contribution in [3.05, 3.63) is 36.2 Å². The average Bonchev–Trinajstić information content (AvgIpc) is 3.28. The van der Waals surface area contributed by atoms with E-state index in [4.69, 9.17) is 9.47 Å². The van der Waals surface area contributed by atoms with Crippen molar-refractivity contribution in [2.75, 3.05) is 13.2 Å². The number of aromatic amines is 1. The minimum absolute atomic E-state index is 0.232. The highest BCUT2D eigenvalue weighted by Crippen LogP contribution is 2.27. The number of nitrogens with zero attached hydrogens (tertiary/aromatic N) is 2. The van der Waals surface area contributed by atoms with Gasteiger partial charge in [0.2, 0.25) is 0 Å². The molecule has 1 amide bonds. The molecule has 0 unspecified atom stereocenters. The summed E-state index contributed by atoms with van der Waals surface area (Å²) in [5.74, 6) is -0.293. The molecule has 0 saturated carbocycles. The highest BCUT2D eigenvalue weighted by Gasteiger charge is 2.47. The third kappa shape index (κ3) is 2.61. The highest BCUT2D eigenvalue weighted by atomic mass is 16.6. The Labute approximate surface area is 131 Å². The molecule has 2 aromatic rings. The van der Waals surface area contributed by atoms with Crippen LogP contribution in [0, 0.1) is 0 Å². The zero-order valence-electron chi connectivity index (χ0n) is 12.2. The SMILES string of the molecule is O=C(N[C@H]1CO[C@H]2[C@@H]1OC[C@@H]2O)c1cc(-c2ccccn2)n[nH]1. The quantitative estimate of drug-likeness (QED) is 0.719. The number of nitrogens with one attached hydrogen (secondary N) is 2. The number of H-pyrrole nitrogens is 1. The maximum absolute atomic E-state index is 12.3. The van der Waals surface area contributed by atoms with Gasteiger partial charge in [-0.15, -0.1) is 0 Å². The normalized spacial score (nSPS) is 29.4. The summed E-state index contributed by atoms with van der Waals surface area (Å²) in [5.41, 5.74) is 1.63. The van der Waals surface area contributed by atoms with Crippen LogP contribution >= 0.6 is 0 Å². The summed E-state index contributed by atoms with van der Waals surface area (Å²) in [6.07, 6.45) is 0.353. The van der Waals surface area contributed by atoms with Gasteiger partial charge in [-0.05, 0) is 18.2 Å². The maximum Gasteiger partial charge on any atom is 0.269 e. The lowest BCUT2D eigenvalue weighted by Gasteiger charge is -2.16. The lowest BCUT2D eigenvalue weighted by atomic mass is 10.1. The Balaban J connectivity index is 1.45. The first-order valence-corrected chi connectivity index (χ1v) is 7.41. The van der Waals surface area contributed by atoms with E-state index in [2.05, 4.69) is 20.5 Å². The molecule has 0 radical (unpaired) electrons. The number of aromatic nitrogens is 3. The van der Waals surface area contributed by atoms with Crippen molar-refractivity contribution in [3.63, 3.8) is 0 Å². The lowest BCUT2D eigenvalue weighted by molar-refractivity contribution is 0.0178. The summed E-state index contributed by atoms with van der Waals surface area (Å²) in [4.78, 5) is 16.5. The van der Waals surface area contributed by atoms with Crippen molar-refractivity contribution in [2.24, 2.45) is 0 Å². The Morgan fingerprint density at radius 1 is 1.26 bits per heavy atom. The second-order valence-electron chi connectivity index (χ2n) is 5.63. The molecule has 8 heteroatoms. The largest absolute Gasteiger partial charge is 0.388 e. The van der Waals surface area contributed by atoms with Gasteiger partial charge in [-0.25, -0.2) is 0 Å². The number of ether oxygens (including phenoxy) is 2. The van der Waals surface area contributed by atoms with Gasteiger partial charge in [-0.2, -0.15) is 5.10 Å². The second-order valence-corrected chi connectivity index (χ2v) is 5.63. The van der Waals surface area contributed by atoms with E-state index in [-0.39, 0.29) is 30.8 Å². The van der Waals surface area contributed by atoms with E-state index in [0.717, 1.165) is 0 Å². The highest BCUT2D eigenvalue weighted by molar-refractivity contribution is 5.93. The number of carbonyl (C=O) groups excluding carboxylic acids is 1. The molecule has 2 aromatic heterocycles. The molecule has 2 saturated heterocycles. The van der Waals surface area contributed by atoms with Crippen molar-refractivity contribution in [1.82, 2.24) is 20.5 Å². The van der Waals surface area contributed by atoms with Gasteiger partial charge in [0, 0.05) is 6.20 Å². The molecule has 0 aliphatic carbocycles. The van der Waals surface area contributed by atoms with Gasteiger partial charge in [0.15, 0.2) is 0 Å². The van der Waals surface area contributed by atoms with Crippen molar-refractivity contribution in [3.8, 4) is 11.4 Å². The van der Waals surface area contributed by atoms with E-state index in [0.29, 0.717) is 23.7 Å². The summed E-state index contributed by atoms with van der Waals surface area (Å²) in [6.45, 7) is 0.551. The van der Waals surface area contributed by atoms with Gasteiger partial charge in [0.05, 0.1) is 24.9 Å². The second kappa shape index (κ2) is 5.73. The van der Waals surface area contributed by atoms with Crippen LogP contribution < -0.4 is 5.32 Å². The number of pyridine rings is 1. The van der Waals surface area contributed by atoms with Crippen molar-refractivity contribution >= 4 is 5.91 Å². The molecule has 2 fully saturated rings. The Hall–Kier alpha value is -2.29. The van der Waals surface area contributed by atoms with E-state index in [9.17, 15) is 9.90 Å². The topological polar surface area (TPSA) is 109 Å². The van der Waals surface area contributed by atoms with Crippen LogP contribution in [0.3, 0.4) is 0 Å². The number of rotatable bonds is 3. The van der Waals surface area contributed by atoms with E-state index in [1.807, 2.05) is 18.2 Å². The zero-order valence-corrected chi connectivity index (χ0v) is 12.2. The van der Waals surface area contributed by atoms with E-state index < -0.39 is 6.10 Å². The molecule has 23 heavy (non-hydrogen) atoms. The zero-order chi connectivity index (χ0) is 15.8. The molecule has 3 N–H and O–H groups in total. The first-order chi connectivity index (χ1) is 11.2. The smallest absolute Gasteiger partial charge is 0.269 e. The minimum atomic E-state index is -0.634. The predicted molar refractivity (Wildman–Crippen MR) is 78.6 cm³/mol. The van der Waals surface area contributed by atoms with Gasteiger partial charge < -0.3 is 19.9 Å². The number of aliphatic hydroxyl groups excluding tert-OH is 1. The van der Waals surface area contributed by atoms with Crippen LogP contribution in [-0.4, -0.2) is 63.8 Å². The molecular weight excluding hydrogens is 300 g/mol. The molecular formula is C15H16N4O4. The van der Waals surface area contributed by atoms with Crippen molar-refractivity contribution in [2.45, 2.75) is 24.4 Å². The van der Waals surface area contributed by atoms with Crippen molar-refractivity contribution < 1.29 is 19.4 Å². The standard InChI is InChI=1S/C15H16N4O4/c20-12-7-23-13-11(6-22-14(12)13)17-15(21)10-5-9(18-19-10)8-3-1-2-4-16-8/h1-5,11-14,20H,6-7H2,(H,17,21)(H,18,19)/t11-,12-,13+,14+/m0/s1. The molecule has 120 valence electrons. The summed E-state index contributed by atoms with van der Waals surface area (Å²) in [6, 6.07) is 6.86. The van der Waals surface area contributed by atoms with Crippen LogP contribution in [0.25, 0.3) is 11.4 Å². The summed E-state index contributed by atoms with van der Waals surface area (Å²) < 4.78 is 11.0. The Morgan fingerprint density at radius 2 is 2.13 bits per heavy atom. The van der Waals surface area contributed by atoms with E-state index >= 15 is 0 Å². The fourth-order valence-corrected chi connectivity index (χ4v) is 2.93. The van der Waals surface area contributed by atoms with E-state index in [1.165, 1.54) is 0 Å². The molecule has 0 aromatic carbocycles. The van der Waals surface area contributed by atoms with Gasteiger partial charge in [0.25, 0.3) is 5.91 Å². The summed E-state index contributed by atoms with van der Waals surface area (Å²) in [7, 11) is 0. The monoisotopic (exact) mass is 316 g/mol. The molecule has 2 aliphatic heterocycles. The van der Waals surface area contributed by atoms with Crippen LogP contribution in [0.4, 0.5) is 0 Å². The molecule has 0 spiro atoms. The van der Waals surface area contributed by atoms with Gasteiger partial charge in [0.1, 0.15) is 29.7 Å². The van der Waals surface area contributed by atoms with Crippen LogP contribution in [-0.2, 0) is 9.47 Å². The third-order valence-electron chi connectivity index (χ3n) is 4.09. The lowest BCUT2D eigenvalue weighted by Crippen LogP contribution is -2.44. The van der Waals surface area contributed by atoms with E-state index in [1.54, 1.807) is 12.3 Å². The number of carbonyl (C=O) groups is 1. The summed E-state index contributed by atoms with van der Waals surface area (Å²) >= 11 is 0. The first kappa shape index (κ1) is 14.3. The molecule has 4 heterocycles. The Bertz CT molecular complexity index is 705. The van der Waals surface area contributed by atoms with Gasteiger partial charge in [-0.1, -0.05) is 6.07 Å². The first-order valence-electron chi connectivity index (χ1n) is 7.41. The maximum atomic E-state index is 12.3. The summed E-state index contributed by atoms with van der Waals surface area (Å²) in [5, 5.41) is 19.4. The number of fused-ring (bicyclic) bond motifs is 1. The average molecular weight is 316 g/mol. The van der Waals surface area contributed by atoms with Crippen LogP contribution in [0.15, 0.2) is 30.5 Å². The van der Waals surface area contributed by atoms with Crippen LogP contribution in [0.1, 0.15) is 10.5 Å². The fraction of sp³-hybridized carbons (Fsp3) is 0.400. The molecule has 0 bridgehead atoms. The fourth-order valence-electron chi connectivity index (χ4n) is 2.93. The number of hydrogen-bond acceptors (Lipinski definition) is 6.